The number of carbonyl (C=O) groups is 1. The number of aldehydes is 1. The summed E-state index contributed by atoms with van der Waals surface area (Å²) < 4.78 is 32.5. The molecule has 4 atom stereocenters. The van der Waals surface area contributed by atoms with Gasteiger partial charge in [-0.1, -0.05) is 121 Å². The highest BCUT2D eigenvalue weighted by atomic mass is 35.5. The molecule has 0 radical (unpaired) electrons. The molecule has 2 aliphatic rings. The number of benzene rings is 2. The second-order valence-electron chi connectivity index (χ2n) is 15.0. The third-order valence-electron chi connectivity index (χ3n) is 9.24. The number of allylic oxidation sites excluding steroid dienone is 3. The molecular weight excluding hydrogens is 690 g/mol. The minimum atomic E-state index is -2.75. The van der Waals surface area contributed by atoms with Crippen molar-refractivity contribution >= 4 is 52.4 Å². The minimum Gasteiger partial charge on any atom is -0.403 e. The first-order chi connectivity index (χ1) is 23.2. The van der Waals surface area contributed by atoms with Gasteiger partial charge in [0.05, 0.1) is 31.0 Å². The Balaban J connectivity index is 1.40. The molecule has 10 heteroatoms. The zero-order valence-corrected chi connectivity index (χ0v) is 34.4. The van der Waals surface area contributed by atoms with Crippen molar-refractivity contribution in [2.24, 2.45) is 0 Å². The molecule has 0 bridgehead atoms. The van der Waals surface area contributed by atoms with Crippen molar-refractivity contribution in [3.63, 3.8) is 0 Å². The Bertz CT molecular complexity index is 1350. The lowest BCUT2D eigenvalue weighted by molar-refractivity contribution is -0.163. The highest BCUT2D eigenvalue weighted by Crippen LogP contribution is 2.52. The molecule has 0 unspecified atom stereocenters. The lowest BCUT2D eigenvalue weighted by Crippen LogP contribution is -2.66. The highest BCUT2D eigenvalue weighted by Gasteiger charge is 2.50. The summed E-state index contributed by atoms with van der Waals surface area (Å²) in [5, 5.41) is 2.96. The second-order valence-corrected chi connectivity index (χ2v) is 25.0. The van der Waals surface area contributed by atoms with Crippen LogP contribution in [0.3, 0.4) is 0 Å². The van der Waals surface area contributed by atoms with E-state index >= 15 is 0 Å². The van der Waals surface area contributed by atoms with Crippen molar-refractivity contribution in [2.45, 2.75) is 101 Å². The first kappa shape index (κ1) is 40.5. The largest absolute Gasteiger partial charge is 0.403 e. The van der Waals surface area contributed by atoms with Crippen LogP contribution in [0.15, 0.2) is 83.4 Å². The Morgan fingerprint density at radius 3 is 2.08 bits per heavy atom. The monoisotopic (exact) mass is 746 g/mol. The summed E-state index contributed by atoms with van der Waals surface area (Å²) >= 11 is 6.75. The van der Waals surface area contributed by atoms with Crippen molar-refractivity contribution in [3.05, 3.63) is 83.4 Å². The average Bonchev–Trinajstić information content (AvgIpc) is 3.63. The molecule has 0 aromatic heterocycles. The van der Waals surface area contributed by atoms with Gasteiger partial charge < -0.3 is 23.4 Å². The zero-order chi connectivity index (χ0) is 35.8. The molecule has 6 nitrogen and oxygen atoms in total. The van der Waals surface area contributed by atoms with Crippen LogP contribution in [0.4, 0.5) is 0 Å². The van der Waals surface area contributed by atoms with E-state index in [-0.39, 0.29) is 57.5 Å². The molecule has 2 aromatic rings. The number of hydrogen-bond donors (Lipinski definition) is 0. The van der Waals surface area contributed by atoms with Crippen molar-refractivity contribution in [1.82, 2.24) is 0 Å². The molecule has 2 saturated heterocycles. The number of halogens is 1. The van der Waals surface area contributed by atoms with Crippen LogP contribution in [-0.4, -0.2) is 90.3 Å². The van der Waals surface area contributed by atoms with Gasteiger partial charge in [0.25, 0.3) is 8.32 Å². The predicted molar refractivity (Wildman–Crippen MR) is 210 cm³/mol. The third-order valence-corrected chi connectivity index (χ3v) is 19.3. The maximum absolute atomic E-state index is 12.3. The van der Waals surface area contributed by atoms with Gasteiger partial charge >= 0.3 is 0 Å². The third kappa shape index (κ3) is 10.7. The van der Waals surface area contributed by atoms with Gasteiger partial charge in [-0.15, -0.1) is 0 Å². The minimum absolute atomic E-state index is 0.0194. The lowest BCUT2D eigenvalue weighted by Gasteiger charge is -2.43. The average molecular weight is 747 g/mol. The van der Waals surface area contributed by atoms with Crippen molar-refractivity contribution < 1.29 is 28.2 Å². The summed E-state index contributed by atoms with van der Waals surface area (Å²) in [4.78, 5) is 12.3. The molecule has 2 aliphatic heterocycles. The summed E-state index contributed by atoms with van der Waals surface area (Å²) in [6, 6.07) is 21.0. The van der Waals surface area contributed by atoms with Gasteiger partial charge in [0.2, 0.25) is 0 Å². The second kappa shape index (κ2) is 18.0. The molecular formula is C39H57ClO6P2Si. The molecule has 49 heavy (non-hydrogen) atoms. The van der Waals surface area contributed by atoms with Crippen molar-refractivity contribution in [1.29, 1.82) is 0 Å². The topological polar surface area (TPSA) is 63.2 Å². The predicted octanol–water partition coefficient (Wildman–Crippen LogP) is 8.44. The Morgan fingerprint density at radius 2 is 1.59 bits per heavy atom. The van der Waals surface area contributed by atoms with Crippen LogP contribution in [0.1, 0.15) is 60.3 Å². The van der Waals surface area contributed by atoms with E-state index in [4.69, 9.17) is 35.0 Å². The highest BCUT2D eigenvalue weighted by molar-refractivity contribution is 7.74. The van der Waals surface area contributed by atoms with Crippen molar-refractivity contribution in [2.75, 3.05) is 39.9 Å². The molecule has 0 spiro atoms. The Hall–Kier alpha value is -1.24. The maximum atomic E-state index is 12.3. The lowest BCUT2D eigenvalue weighted by atomic mass is 10.0. The van der Waals surface area contributed by atoms with Crippen LogP contribution in [-0.2, 0) is 28.2 Å². The molecule has 4 rings (SSSR count). The van der Waals surface area contributed by atoms with Gasteiger partial charge in [-0.3, -0.25) is 4.79 Å². The normalized spacial score (nSPS) is 23.6. The van der Waals surface area contributed by atoms with Gasteiger partial charge in [0.1, 0.15) is 18.5 Å². The van der Waals surface area contributed by atoms with Gasteiger partial charge in [-0.05, 0) is 75.2 Å². The van der Waals surface area contributed by atoms with E-state index in [0.29, 0.717) is 25.0 Å². The Morgan fingerprint density at radius 1 is 1.00 bits per heavy atom. The molecule has 0 amide bonds. The quantitative estimate of drug-likeness (QED) is 0.0744. The summed E-state index contributed by atoms with van der Waals surface area (Å²) in [5.41, 5.74) is 0.878. The van der Waals surface area contributed by atoms with E-state index in [0.717, 1.165) is 24.2 Å². The van der Waals surface area contributed by atoms with Crippen LogP contribution in [0.5, 0.6) is 0 Å². The first-order valence-corrected chi connectivity index (χ1v) is 24.3. The SMILES string of the molecule is CP(C)C(O[C@@H]1C[C@@H](CC/C(Cl)=C/C/C=C(\C=O)CO[Si](c2ccccc2)(c2ccccc2)C(C)(C)C)O[C@@H]1[C@H]1COC(C)(C)O1)P(C)C. The van der Waals surface area contributed by atoms with Crippen LogP contribution >= 0.6 is 27.4 Å². The molecule has 0 saturated carbocycles. The van der Waals surface area contributed by atoms with Crippen molar-refractivity contribution in [3.8, 4) is 0 Å². The smallest absolute Gasteiger partial charge is 0.261 e. The van der Waals surface area contributed by atoms with E-state index < -0.39 is 14.1 Å². The van der Waals surface area contributed by atoms with Gasteiger partial charge in [0.15, 0.2) is 5.79 Å². The fourth-order valence-electron chi connectivity index (χ4n) is 6.98. The first-order valence-electron chi connectivity index (χ1n) is 17.4. The molecule has 270 valence electrons. The van der Waals surface area contributed by atoms with Crippen LogP contribution in [0.2, 0.25) is 5.04 Å². The molecule has 2 fully saturated rings. The molecule has 0 aliphatic carbocycles. The molecule has 0 N–H and O–H groups in total. The fourth-order valence-corrected chi connectivity index (χ4v) is 16.2. The summed E-state index contributed by atoms with van der Waals surface area (Å²) in [5.74, 6) is -0.620. The van der Waals surface area contributed by atoms with Crippen LogP contribution < -0.4 is 10.4 Å². The fraction of sp³-hybridized carbons (Fsp3) is 0.564. The standard InChI is InChI=1S/C39H57ClO6P2Si/c1-38(2,3)49(32-19-12-10-13-20-32,33-21-14-11-15-22-33)43-27-29(26-41)17-16-18-30(40)23-24-31-25-34(45-37(47(6)7)48(8)9)36(44-31)35-28-42-39(4,5)46-35/h10-15,17-22,26,31,34-37H,16,23-25,27-28H2,1-9H3/b29-17+,30-18-/t31-,34-,35-,36+/m1/s1. The van der Waals surface area contributed by atoms with Gasteiger partial charge in [-0.2, -0.15) is 0 Å². The summed E-state index contributed by atoms with van der Waals surface area (Å²) in [7, 11) is -3.24. The number of ether oxygens (including phenoxy) is 4. The van der Waals surface area contributed by atoms with E-state index in [1.807, 2.05) is 38.1 Å². The zero-order valence-electron chi connectivity index (χ0n) is 30.9. The maximum Gasteiger partial charge on any atom is 0.261 e. The van der Waals surface area contributed by atoms with E-state index in [9.17, 15) is 4.79 Å². The van der Waals surface area contributed by atoms with Crippen LogP contribution in [0, 0.1) is 0 Å². The molecule has 2 heterocycles. The van der Waals surface area contributed by atoms with E-state index in [1.165, 1.54) is 10.4 Å². The van der Waals surface area contributed by atoms with Gasteiger partial charge in [-0.25, -0.2) is 0 Å². The number of hydrogen-bond acceptors (Lipinski definition) is 6. The Kier molecular flexibility index (Phi) is 14.9. The summed E-state index contributed by atoms with van der Waals surface area (Å²) in [6.07, 6.45) is 7.32. The van der Waals surface area contributed by atoms with Crippen LogP contribution in [0.25, 0.3) is 0 Å². The summed E-state index contributed by atoms with van der Waals surface area (Å²) in [6.45, 7) is 20.5. The number of carbonyl (C=O) groups excluding carboxylic acids is 1. The Labute approximate surface area is 303 Å². The van der Waals surface area contributed by atoms with Gasteiger partial charge in [0, 0.05) is 17.0 Å². The van der Waals surface area contributed by atoms with E-state index in [2.05, 4.69) is 96.0 Å². The molecule has 2 aromatic carbocycles. The number of rotatable bonds is 16. The van der Waals surface area contributed by atoms with E-state index in [1.54, 1.807) is 0 Å².